The Kier molecular flexibility index (Phi) is 4.39. The van der Waals surface area contributed by atoms with Crippen molar-refractivity contribution in [3.05, 3.63) is 23.3 Å². The van der Waals surface area contributed by atoms with E-state index in [1.54, 1.807) is 7.11 Å². The first-order valence-electron chi connectivity index (χ1n) is 6.39. The maximum atomic E-state index is 12.1. The number of morpholine rings is 1. The zero-order valence-corrected chi connectivity index (χ0v) is 11.6. The Morgan fingerprint density at radius 3 is 2.63 bits per heavy atom. The largest absolute Gasteiger partial charge is 0.496 e. The van der Waals surface area contributed by atoms with Gasteiger partial charge in [0.05, 0.1) is 20.3 Å². The van der Waals surface area contributed by atoms with Crippen LogP contribution in [0, 0.1) is 13.8 Å². The molecule has 1 aliphatic rings. The van der Waals surface area contributed by atoms with Crippen LogP contribution in [0.3, 0.4) is 0 Å². The minimum atomic E-state index is -0.281. The molecule has 2 rings (SSSR count). The summed E-state index contributed by atoms with van der Waals surface area (Å²) in [6.45, 7) is 5.70. The molecule has 1 aromatic carbocycles. The third kappa shape index (κ3) is 3.24. The van der Waals surface area contributed by atoms with Crippen LogP contribution in [0.1, 0.15) is 11.1 Å². The lowest BCUT2D eigenvalue weighted by Gasteiger charge is -2.23. The highest BCUT2D eigenvalue weighted by Gasteiger charge is 2.21. The van der Waals surface area contributed by atoms with Gasteiger partial charge in [-0.15, -0.1) is 0 Å². The van der Waals surface area contributed by atoms with Crippen LogP contribution < -0.4 is 15.4 Å². The van der Waals surface area contributed by atoms with E-state index in [1.807, 2.05) is 26.0 Å². The fourth-order valence-electron chi connectivity index (χ4n) is 2.31. The monoisotopic (exact) mass is 264 g/mol. The fraction of sp³-hybridized carbons (Fsp3) is 0.500. The van der Waals surface area contributed by atoms with Gasteiger partial charge >= 0.3 is 0 Å². The number of nitrogens with one attached hydrogen (secondary N) is 2. The van der Waals surface area contributed by atoms with E-state index in [-0.39, 0.29) is 11.9 Å². The molecule has 1 amide bonds. The highest BCUT2D eigenvalue weighted by Crippen LogP contribution is 2.26. The molecule has 1 saturated heterocycles. The van der Waals surface area contributed by atoms with Crippen molar-refractivity contribution in [2.45, 2.75) is 19.9 Å². The summed E-state index contributed by atoms with van der Waals surface area (Å²) in [6, 6.07) is 3.54. The Morgan fingerprint density at radius 2 is 2.11 bits per heavy atom. The van der Waals surface area contributed by atoms with Crippen LogP contribution >= 0.6 is 0 Å². The lowest BCUT2D eigenvalue weighted by atomic mass is 10.1. The Labute approximate surface area is 113 Å². The molecule has 19 heavy (non-hydrogen) atoms. The number of carbonyl (C=O) groups excluding carboxylic acids is 1. The summed E-state index contributed by atoms with van der Waals surface area (Å²) in [6.07, 6.45) is 0. The molecule has 104 valence electrons. The first-order valence-corrected chi connectivity index (χ1v) is 6.39. The second-order valence-electron chi connectivity index (χ2n) is 4.71. The highest BCUT2D eigenvalue weighted by atomic mass is 16.5. The summed E-state index contributed by atoms with van der Waals surface area (Å²) in [5.41, 5.74) is 2.80. The molecular weight excluding hydrogens is 244 g/mol. The van der Waals surface area contributed by atoms with E-state index in [4.69, 9.17) is 9.47 Å². The molecular formula is C14H20N2O3. The molecule has 5 heteroatoms. The van der Waals surface area contributed by atoms with Crippen molar-refractivity contribution >= 4 is 11.6 Å². The van der Waals surface area contributed by atoms with Crippen LogP contribution in [0.25, 0.3) is 0 Å². The van der Waals surface area contributed by atoms with Crippen molar-refractivity contribution in [1.82, 2.24) is 5.32 Å². The molecule has 0 radical (unpaired) electrons. The van der Waals surface area contributed by atoms with Crippen molar-refractivity contribution in [2.75, 3.05) is 32.2 Å². The van der Waals surface area contributed by atoms with Crippen LogP contribution in [0.2, 0.25) is 0 Å². The number of amides is 1. The quantitative estimate of drug-likeness (QED) is 0.862. The van der Waals surface area contributed by atoms with Gasteiger partial charge in [-0.05, 0) is 37.1 Å². The van der Waals surface area contributed by atoms with Gasteiger partial charge in [0.1, 0.15) is 11.8 Å². The van der Waals surface area contributed by atoms with Crippen LogP contribution in [-0.2, 0) is 9.53 Å². The SMILES string of the molecule is COc1c(C)cc(NC(=O)C2COCCN2)cc1C. The molecule has 1 unspecified atom stereocenters. The minimum Gasteiger partial charge on any atom is -0.496 e. The molecule has 1 heterocycles. The third-order valence-electron chi connectivity index (χ3n) is 3.17. The van der Waals surface area contributed by atoms with Crippen molar-refractivity contribution < 1.29 is 14.3 Å². The number of benzene rings is 1. The van der Waals surface area contributed by atoms with Gasteiger partial charge < -0.3 is 20.1 Å². The Balaban J connectivity index is 2.08. The number of hydrogen-bond acceptors (Lipinski definition) is 4. The zero-order chi connectivity index (χ0) is 13.8. The van der Waals surface area contributed by atoms with Gasteiger partial charge in [-0.25, -0.2) is 0 Å². The lowest BCUT2D eigenvalue weighted by molar-refractivity contribution is -0.120. The summed E-state index contributed by atoms with van der Waals surface area (Å²) in [5.74, 6) is 0.792. The summed E-state index contributed by atoms with van der Waals surface area (Å²) >= 11 is 0. The average Bonchev–Trinajstić information content (AvgIpc) is 2.39. The molecule has 1 aromatic rings. The Bertz CT molecular complexity index is 445. The number of methoxy groups -OCH3 is 1. The van der Waals surface area contributed by atoms with Crippen molar-refractivity contribution in [2.24, 2.45) is 0 Å². The third-order valence-corrected chi connectivity index (χ3v) is 3.17. The van der Waals surface area contributed by atoms with Gasteiger partial charge in [0.2, 0.25) is 5.91 Å². The maximum absolute atomic E-state index is 12.1. The van der Waals surface area contributed by atoms with E-state index in [0.717, 1.165) is 22.6 Å². The highest BCUT2D eigenvalue weighted by molar-refractivity contribution is 5.95. The second kappa shape index (κ2) is 6.04. The number of anilines is 1. The van der Waals surface area contributed by atoms with Gasteiger partial charge in [-0.3, -0.25) is 4.79 Å². The summed E-state index contributed by atoms with van der Waals surface area (Å²) < 4.78 is 10.6. The summed E-state index contributed by atoms with van der Waals surface area (Å²) in [4.78, 5) is 12.1. The smallest absolute Gasteiger partial charge is 0.243 e. The topological polar surface area (TPSA) is 59.6 Å². The molecule has 1 atom stereocenters. The molecule has 0 aliphatic carbocycles. The summed E-state index contributed by atoms with van der Waals surface area (Å²) in [7, 11) is 1.65. The lowest BCUT2D eigenvalue weighted by Crippen LogP contribution is -2.48. The minimum absolute atomic E-state index is 0.0660. The molecule has 2 N–H and O–H groups in total. The van der Waals surface area contributed by atoms with Gasteiger partial charge in [0, 0.05) is 12.2 Å². The fourth-order valence-corrected chi connectivity index (χ4v) is 2.31. The normalized spacial score (nSPS) is 19.0. The molecule has 0 aromatic heterocycles. The molecule has 0 spiro atoms. The van der Waals surface area contributed by atoms with E-state index in [2.05, 4.69) is 10.6 Å². The molecule has 0 bridgehead atoms. The van der Waals surface area contributed by atoms with Gasteiger partial charge in [0.15, 0.2) is 0 Å². The van der Waals surface area contributed by atoms with Crippen molar-refractivity contribution in [3.63, 3.8) is 0 Å². The Hall–Kier alpha value is -1.59. The molecule has 1 aliphatic heterocycles. The number of aryl methyl sites for hydroxylation is 2. The second-order valence-corrected chi connectivity index (χ2v) is 4.71. The first kappa shape index (κ1) is 13.8. The Morgan fingerprint density at radius 1 is 1.42 bits per heavy atom. The number of carbonyl (C=O) groups is 1. The van der Waals surface area contributed by atoms with Gasteiger partial charge in [-0.2, -0.15) is 0 Å². The first-order chi connectivity index (χ1) is 9.11. The molecule has 5 nitrogen and oxygen atoms in total. The van der Waals surface area contributed by atoms with E-state index in [1.165, 1.54) is 0 Å². The van der Waals surface area contributed by atoms with Crippen LogP contribution in [0.15, 0.2) is 12.1 Å². The van der Waals surface area contributed by atoms with E-state index in [0.29, 0.717) is 19.8 Å². The number of hydrogen-bond donors (Lipinski definition) is 2. The van der Waals surface area contributed by atoms with E-state index >= 15 is 0 Å². The van der Waals surface area contributed by atoms with Crippen LogP contribution in [0.5, 0.6) is 5.75 Å². The van der Waals surface area contributed by atoms with Gasteiger partial charge in [0.25, 0.3) is 0 Å². The van der Waals surface area contributed by atoms with E-state index in [9.17, 15) is 4.79 Å². The van der Waals surface area contributed by atoms with E-state index < -0.39 is 0 Å². The standard InChI is InChI=1S/C14H20N2O3/c1-9-6-11(7-10(2)13(9)18-3)16-14(17)12-8-19-5-4-15-12/h6-7,12,15H,4-5,8H2,1-3H3,(H,16,17). The number of ether oxygens (including phenoxy) is 2. The predicted molar refractivity (Wildman–Crippen MR) is 73.7 cm³/mol. The molecule has 0 saturated carbocycles. The maximum Gasteiger partial charge on any atom is 0.243 e. The predicted octanol–water partition coefficient (Wildman–Crippen LogP) is 1.24. The summed E-state index contributed by atoms with van der Waals surface area (Å²) in [5, 5.41) is 6.04. The zero-order valence-electron chi connectivity index (χ0n) is 11.6. The number of rotatable bonds is 3. The van der Waals surface area contributed by atoms with Crippen molar-refractivity contribution in [3.8, 4) is 5.75 Å². The average molecular weight is 264 g/mol. The molecule has 1 fully saturated rings. The van der Waals surface area contributed by atoms with Gasteiger partial charge in [-0.1, -0.05) is 0 Å². The van der Waals surface area contributed by atoms with Crippen molar-refractivity contribution in [1.29, 1.82) is 0 Å². The van der Waals surface area contributed by atoms with Crippen LogP contribution in [-0.4, -0.2) is 38.8 Å². The van der Waals surface area contributed by atoms with Crippen LogP contribution in [0.4, 0.5) is 5.69 Å².